The van der Waals surface area contributed by atoms with Gasteiger partial charge in [0.25, 0.3) is 0 Å². The monoisotopic (exact) mass is 414 g/mol. The molecule has 0 unspecified atom stereocenters. The molecular formula is C20H31FN2O4S. The van der Waals surface area contributed by atoms with Crippen molar-refractivity contribution in [3.8, 4) is 5.75 Å². The molecule has 0 heterocycles. The molecule has 28 heavy (non-hydrogen) atoms. The molecule has 6 nitrogen and oxygen atoms in total. The number of hydrogen-bond donors (Lipinski definition) is 2. The third-order valence-electron chi connectivity index (χ3n) is 4.57. The third-order valence-corrected chi connectivity index (χ3v) is 6.11. The first-order valence-corrected chi connectivity index (χ1v) is 11.5. The number of hydrogen-bond acceptors (Lipinski definition) is 5. The Kier molecular flexibility index (Phi) is 8.85. The molecule has 0 bridgehead atoms. The topological polar surface area (TPSA) is 84.5 Å². The Labute approximate surface area is 167 Å². The van der Waals surface area contributed by atoms with Crippen molar-refractivity contribution in [1.82, 2.24) is 10.0 Å². The minimum atomic E-state index is -3.46. The zero-order chi connectivity index (χ0) is 20.6. The number of ether oxygens (including phenoxy) is 1. The van der Waals surface area contributed by atoms with Gasteiger partial charge < -0.3 is 10.1 Å². The van der Waals surface area contributed by atoms with E-state index in [4.69, 9.17) is 4.74 Å². The number of carbonyl (C=O) groups is 1. The van der Waals surface area contributed by atoms with Gasteiger partial charge in [0.2, 0.25) is 10.0 Å². The van der Waals surface area contributed by atoms with Crippen molar-refractivity contribution in [1.29, 1.82) is 0 Å². The average molecular weight is 415 g/mol. The van der Waals surface area contributed by atoms with Crippen LogP contribution in [0, 0.1) is 11.7 Å². The molecule has 0 spiro atoms. The van der Waals surface area contributed by atoms with Crippen LogP contribution in [0.4, 0.5) is 4.39 Å². The molecule has 1 fully saturated rings. The maximum atomic E-state index is 13.9. The van der Waals surface area contributed by atoms with Crippen molar-refractivity contribution >= 4 is 15.8 Å². The van der Waals surface area contributed by atoms with Crippen molar-refractivity contribution in [2.24, 2.45) is 5.92 Å². The van der Waals surface area contributed by atoms with Crippen LogP contribution < -0.4 is 14.8 Å². The van der Waals surface area contributed by atoms with Crippen LogP contribution >= 0.6 is 0 Å². The summed E-state index contributed by atoms with van der Waals surface area (Å²) in [6.45, 7) is 4.83. The van der Waals surface area contributed by atoms with Gasteiger partial charge in [-0.05, 0) is 69.7 Å². The Balaban J connectivity index is 1.76. The van der Waals surface area contributed by atoms with Crippen LogP contribution in [0.5, 0.6) is 5.75 Å². The van der Waals surface area contributed by atoms with Crippen LogP contribution in [0.2, 0.25) is 0 Å². The summed E-state index contributed by atoms with van der Waals surface area (Å²) in [5.74, 6) is 0.655. The van der Waals surface area contributed by atoms with Gasteiger partial charge in [0.15, 0.2) is 0 Å². The Morgan fingerprint density at radius 1 is 1.25 bits per heavy atom. The smallest absolute Gasteiger partial charge is 0.212 e. The van der Waals surface area contributed by atoms with Gasteiger partial charge in [0.1, 0.15) is 17.3 Å². The van der Waals surface area contributed by atoms with Gasteiger partial charge in [-0.15, -0.1) is 0 Å². The first kappa shape index (κ1) is 22.8. The van der Waals surface area contributed by atoms with E-state index in [2.05, 4.69) is 10.0 Å². The first-order chi connectivity index (χ1) is 13.2. The van der Waals surface area contributed by atoms with E-state index in [0.717, 1.165) is 25.7 Å². The summed E-state index contributed by atoms with van der Waals surface area (Å²) in [5.41, 5.74) is 0.544. The molecule has 158 valence electrons. The molecule has 1 aromatic rings. The number of unbranched alkanes of at least 4 members (excludes halogenated alkanes) is 2. The normalized spacial score (nSPS) is 15.4. The van der Waals surface area contributed by atoms with E-state index >= 15 is 0 Å². The lowest BCUT2D eigenvalue weighted by molar-refractivity contribution is -0.116. The van der Waals surface area contributed by atoms with Crippen LogP contribution in [0.15, 0.2) is 18.2 Å². The minimum absolute atomic E-state index is 0.0183. The number of nitrogens with one attached hydrogen (secondary N) is 2. The van der Waals surface area contributed by atoms with Crippen molar-refractivity contribution in [3.05, 3.63) is 29.6 Å². The summed E-state index contributed by atoms with van der Waals surface area (Å²) in [6.07, 6.45) is 4.38. The highest BCUT2D eigenvalue weighted by Crippen LogP contribution is 2.30. The number of halogens is 1. The van der Waals surface area contributed by atoms with E-state index in [-0.39, 0.29) is 11.5 Å². The summed E-state index contributed by atoms with van der Waals surface area (Å²) in [5, 5.41) is 3.01. The molecule has 1 atom stereocenters. The lowest BCUT2D eigenvalue weighted by Crippen LogP contribution is -2.29. The second-order valence-corrected chi connectivity index (χ2v) is 9.45. The zero-order valence-corrected chi connectivity index (χ0v) is 17.5. The minimum Gasteiger partial charge on any atom is -0.493 e. The van der Waals surface area contributed by atoms with Gasteiger partial charge in [-0.1, -0.05) is 6.42 Å². The molecule has 1 aliphatic carbocycles. The number of rotatable bonds is 14. The lowest BCUT2D eigenvalue weighted by atomic mass is 10.1. The van der Waals surface area contributed by atoms with Crippen molar-refractivity contribution in [2.75, 3.05) is 25.4 Å². The van der Waals surface area contributed by atoms with Crippen LogP contribution in [-0.2, 0) is 14.8 Å². The maximum absolute atomic E-state index is 13.9. The fraction of sp³-hybridized carbons (Fsp3) is 0.650. The molecule has 2 N–H and O–H groups in total. The summed E-state index contributed by atoms with van der Waals surface area (Å²) in [6, 6.07) is 3.81. The molecule has 0 aromatic heterocycles. The van der Waals surface area contributed by atoms with Crippen LogP contribution in [0.1, 0.15) is 57.6 Å². The van der Waals surface area contributed by atoms with E-state index in [1.165, 1.54) is 19.1 Å². The van der Waals surface area contributed by atoms with E-state index in [1.54, 1.807) is 13.0 Å². The Morgan fingerprint density at radius 3 is 2.68 bits per heavy atom. The van der Waals surface area contributed by atoms with Crippen LogP contribution in [0.3, 0.4) is 0 Å². The highest BCUT2D eigenvalue weighted by atomic mass is 32.2. The summed E-state index contributed by atoms with van der Waals surface area (Å²) >= 11 is 0. The van der Waals surface area contributed by atoms with Crippen molar-refractivity contribution in [2.45, 2.75) is 52.0 Å². The largest absolute Gasteiger partial charge is 0.493 e. The number of ketones is 1. The molecular weight excluding hydrogens is 383 g/mol. The van der Waals surface area contributed by atoms with Gasteiger partial charge in [-0.3, -0.25) is 4.79 Å². The Hall–Kier alpha value is -1.51. The lowest BCUT2D eigenvalue weighted by Gasteiger charge is -2.16. The van der Waals surface area contributed by atoms with Gasteiger partial charge in [0, 0.05) is 12.1 Å². The number of Topliss-reactive ketones (excluding diaryl/α,β-unsaturated/α-hetero) is 1. The number of sulfonamides is 1. The standard InChI is InChI=1S/C20H31FN2O4S/c1-15(24)13-22-8-4-3-5-9-28(25,26)23-16(2)18-10-19(21)12-20(11-18)27-14-17-6-7-17/h10-12,16-17,22-23H,3-9,13-14H2,1-2H3/t16-/m0/s1. The van der Waals surface area contributed by atoms with Gasteiger partial charge in [-0.2, -0.15) is 0 Å². The predicted molar refractivity (Wildman–Crippen MR) is 107 cm³/mol. The van der Waals surface area contributed by atoms with E-state index in [1.807, 2.05) is 0 Å². The summed E-state index contributed by atoms with van der Waals surface area (Å²) in [4.78, 5) is 10.8. The predicted octanol–water partition coefficient (Wildman–Crippen LogP) is 2.94. The first-order valence-electron chi connectivity index (χ1n) is 9.88. The Morgan fingerprint density at radius 2 is 2.00 bits per heavy atom. The SMILES string of the molecule is CC(=O)CNCCCCCS(=O)(=O)N[C@@H](C)c1cc(F)cc(OCC2CC2)c1. The van der Waals surface area contributed by atoms with Crippen molar-refractivity contribution < 1.29 is 22.3 Å². The van der Waals surface area contributed by atoms with E-state index in [0.29, 0.717) is 43.3 Å². The zero-order valence-electron chi connectivity index (χ0n) is 16.7. The third kappa shape index (κ3) is 9.12. The maximum Gasteiger partial charge on any atom is 0.212 e. The fourth-order valence-corrected chi connectivity index (χ4v) is 4.17. The molecule has 1 saturated carbocycles. The fourth-order valence-electron chi connectivity index (χ4n) is 2.80. The highest BCUT2D eigenvalue weighted by molar-refractivity contribution is 7.89. The molecule has 0 saturated heterocycles. The second kappa shape index (κ2) is 10.9. The van der Waals surface area contributed by atoms with Crippen molar-refractivity contribution in [3.63, 3.8) is 0 Å². The molecule has 0 radical (unpaired) electrons. The molecule has 8 heteroatoms. The molecule has 2 rings (SSSR count). The van der Waals surface area contributed by atoms with Gasteiger partial charge in [0.05, 0.1) is 18.9 Å². The molecule has 0 amide bonds. The second-order valence-electron chi connectivity index (χ2n) is 7.57. The number of carbonyl (C=O) groups excluding carboxylic acids is 1. The summed E-state index contributed by atoms with van der Waals surface area (Å²) in [7, 11) is -3.46. The Bertz CT molecular complexity index is 751. The molecule has 1 aliphatic rings. The number of benzene rings is 1. The molecule has 0 aliphatic heterocycles. The van der Waals surface area contributed by atoms with E-state index in [9.17, 15) is 17.6 Å². The quantitative estimate of drug-likeness (QED) is 0.457. The molecule has 1 aromatic carbocycles. The average Bonchev–Trinajstić information content (AvgIpc) is 3.42. The van der Waals surface area contributed by atoms with Crippen LogP contribution in [0.25, 0.3) is 0 Å². The van der Waals surface area contributed by atoms with Gasteiger partial charge in [-0.25, -0.2) is 17.5 Å². The summed E-state index contributed by atoms with van der Waals surface area (Å²) < 4.78 is 46.7. The van der Waals surface area contributed by atoms with Crippen LogP contribution in [-0.4, -0.2) is 39.7 Å². The van der Waals surface area contributed by atoms with Gasteiger partial charge >= 0.3 is 0 Å². The highest BCUT2D eigenvalue weighted by Gasteiger charge is 2.22. The van der Waals surface area contributed by atoms with E-state index < -0.39 is 21.9 Å².